The number of nitrogens with one attached hydrogen (secondary N) is 1. The smallest absolute Gasteiger partial charge is 0.332 e. The number of nitrogens with two attached hydrogens (primary N) is 1. The number of rotatable bonds is 3. The largest absolute Gasteiger partial charge is 0.350 e. The molecule has 1 rings (SSSR count). The summed E-state index contributed by atoms with van der Waals surface area (Å²) in [4.78, 5) is 14.3. The van der Waals surface area contributed by atoms with Gasteiger partial charge in [0, 0.05) is 24.5 Å². The van der Waals surface area contributed by atoms with Gasteiger partial charge < -0.3 is 5.73 Å². The Morgan fingerprint density at radius 3 is 3.15 bits per heavy atom. The van der Waals surface area contributed by atoms with E-state index in [1.807, 2.05) is 18.2 Å². The van der Waals surface area contributed by atoms with E-state index in [-0.39, 0.29) is 0 Å². The molecule has 0 aliphatic heterocycles. The molecule has 68 valence electrons. The second-order valence-corrected chi connectivity index (χ2v) is 2.31. The third-order valence-electron chi connectivity index (χ3n) is 1.29. The molecule has 0 saturated carbocycles. The van der Waals surface area contributed by atoms with Crippen molar-refractivity contribution in [3.05, 3.63) is 30.1 Å². The number of hydrazone groups is 1. The standard InChI is InChI=1S/C8H10N4O/c9-8(13)12-11-6-4-7-3-1-2-5-10-7/h1-3,5-6H,4H2,(H3,9,12,13). The van der Waals surface area contributed by atoms with Gasteiger partial charge in [-0.15, -0.1) is 0 Å². The van der Waals surface area contributed by atoms with Gasteiger partial charge in [0.25, 0.3) is 0 Å². The van der Waals surface area contributed by atoms with E-state index in [4.69, 9.17) is 5.73 Å². The first-order valence-corrected chi connectivity index (χ1v) is 3.76. The van der Waals surface area contributed by atoms with Crippen LogP contribution in [0.4, 0.5) is 4.79 Å². The molecular weight excluding hydrogens is 168 g/mol. The molecule has 0 saturated heterocycles. The van der Waals surface area contributed by atoms with Crippen molar-refractivity contribution in [3.8, 4) is 0 Å². The minimum Gasteiger partial charge on any atom is -0.350 e. The molecule has 0 aliphatic rings. The van der Waals surface area contributed by atoms with Crippen LogP contribution in [0.5, 0.6) is 0 Å². The Morgan fingerprint density at radius 2 is 2.54 bits per heavy atom. The van der Waals surface area contributed by atoms with Gasteiger partial charge in [0.1, 0.15) is 0 Å². The number of hydrogen-bond acceptors (Lipinski definition) is 3. The molecule has 1 aromatic rings. The zero-order valence-corrected chi connectivity index (χ0v) is 6.97. The fourth-order valence-electron chi connectivity index (χ4n) is 0.767. The van der Waals surface area contributed by atoms with Gasteiger partial charge in [-0.2, -0.15) is 5.10 Å². The van der Waals surface area contributed by atoms with Gasteiger partial charge in [0.05, 0.1) is 0 Å². The predicted molar refractivity (Wildman–Crippen MR) is 49.2 cm³/mol. The highest BCUT2D eigenvalue weighted by Gasteiger charge is 1.88. The normalized spacial score (nSPS) is 10.2. The molecule has 13 heavy (non-hydrogen) atoms. The Hall–Kier alpha value is -1.91. The van der Waals surface area contributed by atoms with Crippen molar-refractivity contribution in [2.24, 2.45) is 10.8 Å². The minimum absolute atomic E-state index is 0.571. The van der Waals surface area contributed by atoms with E-state index in [1.54, 1.807) is 6.20 Å². The van der Waals surface area contributed by atoms with Crippen molar-refractivity contribution in [1.29, 1.82) is 0 Å². The van der Waals surface area contributed by atoms with E-state index in [0.29, 0.717) is 6.42 Å². The summed E-state index contributed by atoms with van der Waals surface area (Å²) in [5.74, 6) is 0. The quantitative estimate of drug-likeness (QED) is 0.515. The fraction of sp³-hybridized carbons (Fsp3) is 0.125. The SMILES string of the molecule is NC(=O)NN=CCc1ccccn1. The number of primary amides is 1. The molecule has 2 amide bonds. The van der Waals surface area contributed by atoms with Crippen LogP contribution in [0.15, 0.2) is 29.5 Å². The Bertz CT molecular complexity index is 296. The van der Waals surface area contributed by atoms with Crippen LogP contribution in [0.2, 0.25) is 0 Å². The molecule has 0 spiro atoms. The van der Waals surface area contributed by atoms with Crippen molar-refractivity contribution < 1.29 is 4.79 Å². The molecule has 0 fully saturated rings. The summed E-state index contributed by atoms with van der Waals surface area (Å²) in [5, 5.41) is 3.58. The molecular formula is C8H10N4O. The molecule has 1 heterocycles. The lowest BCUT2D eigenvalue weighted by molar-refractivity contribution is 0.249. The predicted octanol–water partition coefficient (Wildman–Crippen LogP) is 0.278. The lowest BCUT2D eigenvalue weighted by Crippen LogP contribution is -2.24. The zero-order valence-electron chi connectivity index (χ0n) is 6.97. The Labute approximate surface area is 75.7 Å². The fourth-order valence-corrected chi connectivity index (χ4v) is 0.767. The Morgan fingerprint density at radius 1 is 1.69 bits per heavy atom. The van der Waals surface area contributed by atoms with E-state index in [0.717, 1.165) is 5.69 Å². The first kappa shape index (κ1) is 9.18. The number of carbonyl (C=O) groups is 1. The average molecular weight is 178 g/mol. The van der Waals surface area contributed by atoms with Crippen molar-refractivity contribution in [2.75, 3.05) is 0 Å². The van der Waals surface area contributed by atoms with Gasteiger partial charge in [-0.05, 0) is 12.1 Å². The third-order valence-corrected chi connectivity index (χ3v) is 1.29. The highest BCUT2D eigenvalue weighted by molar-refractivity contribution is 5.73. The van der Waals surface area contributed by atoms with Crippen molar-refractivity contribution in [1.82, 2.24) is 10.4 Å². The topological polar surface area (TPSA) is 80.4 Å². The van der Waals surface area contributed by atoms with Crippen LogP contribution >= 0.6 is 0 Å². The van der Waals surface area contributed by atoms with Gasteiger partial charge >= 0.3 is 6.03 Å². The summed E-state index contributed by atoms with van der Waals surface area (Å²) in [6, 6.07) is 4.92. The molecule has 5 nitrogen and oxygen atoms in total. The lowest BCUT2D eigenvalue weighted by Gasteiger charge is -1.93. The molecule has 0 bridgehead atoms. The van der Waals surface area contributed by atoms with E-state index in [1.165, 1.54) is 6.21 Å². The number of urea groups is 1. The average Bonchev–Trinajstić information content (AvgIpc) is 2.14. The first-order chi connectivity index (χ1) is 6.29. The van der Waals surface area contributed by atoms with Crippen molar-refractivity contribution in [3.63, 3.8) is 0 Å². The van der Waals surface area contributed by atoms with E-state index in [2.05, 4.69) is 15.5 Å². The van der Waals surface area contributed by atoms with Crippen molar-refractivity contribution >= 4 is 12.2 Å². The second kappa shape index (κ2) is 4.87. The van der Waals surface area contributed by atoms with E-state index in [9.17, 15) is 4.79 Å². The van der Waals surface area contributed by atoms with Crippen LogP contribution < -0.4 is 11.2 Å². The van der Waals surface area contributed by atoms with Gasteiger partial charge in [0.15, 0.2) is 0 Å². The zero-order chi connectivity index (χ0) is 9.52. The summed E-state index contributed by atoms with van der Waals surface area (Å²) < 4.78 is 0. The van der Waals surface area contributed by atoms with Crippen LogP contribution in [0, 0.1) is 0 Å². The lowest BCUT2D eigenvalue weighted by atomic mass is 10.3. The molecule has 5 heteroatoms. The summed E-state index contributed by atoms with van der Waals surface area (Å²) in [7, 11) is 0. The molecule has 0 unspecified atom stereocenters. The van der Waals surface area contributed by atoms with E-state index < -0.39 is 6.03 Å². The van der Waals surface area contributed by atoms with Crippen LogP contribution in [0.3, 0.4) is 0 Å². The highest BCUT2D eigenvalue weighted by Crippen LogP contribution is 1.91. The first-order valence-electron chi connectivity index (χ1n) is 3.76. The number of hydrogen-bond donors (Lipinski definition) is 2. The van der Waals surface area contributed by atoms with Gasteiger partial charge in [-0.25, -0.2) is 10.2 Å². The van der Waals surface area contributed by atoms with Gasteiger partial charge in [-0.3, -0.25) is 4.98 Å². The highest BCUT2D eigenvalue weighted by atomic mass is 16.2. The third kappa shape index (κ3) is 3.85. The van der Waals surface area contributed by atoms with Crippen molar-refractivity contribution in [2.45, 2.75) is 6.42 Å². The Balaban J connectivity index is 2.35. The van der Waals surface area contributed by atoms with E-state index >= 15 is 0 Å². The summed E-state index contributed by atoms with van der Waals surface area (Å²) >= 11 is 0. The number of nitrogens with zero attached hydrogens (tertiary/aromatic N) is 2. The summed E-state index contributed by atoms with van der Waals surface area (Å²) in [6.07, 6.45) is 3.80. The Kier molecular flexibility index (Phi) is 3.44. The van der Waals surface area contributed by atoms with Crippen LogP contribution in [-0.4, -0.2) is 17.2 Å². The molecule has 1 aromatic heterocycles. The number of pyridine rings is 1. The molecule has 0 aromatic carbocycles. The number of amides is 2. The van der Waals surface area contributed by atoms with Crippen LogP contribution in [0.1, 0.15) is 5.69 Å². The summed E-state index contributed by atoms with van der Waals surface area (Å²) in [6.45, 7) is 0. The number of carbonyl (C=O) groups excluding carboxylic acids is 1. The van der Waals surface area contributed by atoms with Crippen LogP contribution in [-0.2, 0) is 6.42 Å². The maximum atomic E-state index is 10.2. The monoisotopic (exact) mass is 178 g/mol. The molecule has 0 radical (unpaired) electrons. The molecule has 3 N–H and O–H groups in total. The molecule has 0 atom stereocenters. The maximum absolute atomic E-state index is 10.2. The number of aromatic nitrogens is 1. The van der Waals surface area contributed by atoms with Crippen LogP contribution in [0.25, 0.3) is 0 Å². The molecule has 0 aliphatic carbocycles. The summed E-state index contributed by atoms with van der Waals surface area (Å²) in [5.41, 5.74) is 7.78. The van der Waals surface area contributed by atoms with Gasteiger partial charge in [-0.1, -0.05) is 6.07 Å². The maximum Gasteiger partial charge on any atom is 0.332 e. The minimum atomic E-state index is -0.669. The van der Waals surface area contributed by atoms with Gasteiger partial charge in [0.2, 0.25) is 0 Å². The second-order valence-electron chi connectivity index (χ2n) is 2.31.